The van der Waals surface area contributed by atoms with Crippen LogP contribution in [0, 0.1) is 11.7 Å². The summed E-state index contributed by atoms with van der Waals surface area (Å²) in [5, 5.41) is 14.5. The fourth-order valence-corrected chi connectivity index (χ4v) is 6.82. The third kappa shape index (κ3) is 6.86. The van der Waals surface area contributed by atoms with Gasteiger partial charge in [-0.05, 0) is 80.9 Å². The SMILES string of the molecule is COC(OC)C1CCN(Cc2ccc(-c3cn(C4CCC(O)CC4)c4nc(Nc5cc(F)cc(Cl)c5)ncc34)cc2)CC1. The van der Waals surface area contributed by atoms with Crippen LogP contribution < -0.4 is 5.32 Å². The molecule has 3 heterocycles. The summed E-state index contributed by atoms with van der Waals surface area (Å²) >= 11 is 6.06. The molecule has 1 saturated heterocycles. The molecule has 228 valence electrons. The second-order valence-electron chi connectivity index (χ2n) is 11.8. The molecule has 2 fully saturated rings. The zero-order valence-corrected chi connectivity index (χ0v) is 25.4. The predicted molar refractivity (Wildman–Crippen MR) is 167 cm³/mol. The summed E-state index contributed by atoms with van der Waals surface area (Å²) in [4.78, 5) is 12.0. The normalized spacial score (nSPS) is 20.2. The zero-order chi connectivity index (χ0) is 29.9. The standard InChI is InChI=1S/C33H39ClFN5O3/c1-42-32(43-2)23-11-13-39(14-12-23)19-21-3-5-22(6-4-21)30-20-40(27-7-9-28(41)10-8-27)31-29(30)18-36-33(38-31)37-26-16-24(34)15-25(35)17-26/h3-6,15-18,20,23,27-28,32,41H,7-14,19H2,1-2H3,(H,36,37,38). The first-order valence-electron chi connectivity index (χ1n) is 15.1. The number of hydrogen-bond donors (Lipinski definition) is 2. The van der Waals surface area contributed by atoms with Crippen molar-refractivity contribution in [2.24, 2.45) is 5.92 Å². The molecular formula is C33H39ClFN5O3. The summed E-state index contributed by atoms with van der Waals surface area (Å²) in [7, 11) is 3.43. The van der Waals surface area contributed by atoms with Gasteiger partial charge in [0.25, 0.3) is 0 Å². The van der Waals surface area contributed by atoms with Crippen molar-refractivity contribution in [1.82, 2.24) is 19.4 Å². The fraction of sp³-hybridized carbons (Fsp3) is 0.455. The number of benzene rings is 2. The number of anilines is 2. The predicted octanol–water partition coefficient (Wildman–Crippen LogP) is 6.94. The average Bonchev–Trinajstić information content (AvgIpc) is 3.38. The first kappa shape index (κ1) is 30.0. The molecule has 1 aliphatic carbocycles. The molecule has 2 aromatic heterocycles. The Labute approximate surface area is 256 Å². The lowest BCUT2D eigenvalue weighted by Gasteiger charge is -2.34. The summed E-state index contributed by atoms with van der Waals surface area (Å²) < 4.78 is 27.1. The number of nitrogens with one attached hydrogen (secondary N) is 1. The Morgan fingerprint density at radius 3 is 2.42 bits per heavy atom. The number of halogens is 2. The fourth-order valence-electron chi connectivity index (χ4n) is 6.60. The highest BCUT2D eigenvalue weighted by molar-refractivity contribution is 6.30. The van der Waals surface area contributed by atoms with Crippen LogP contribution in [0.15, 0.2) is 54.9 Å². The van der Waals surface area contributed by atoms with Crippen LogP contribution in [-0.4, -0.2) is 64.2 Å². The topological polar surface area (TPSA) is 84.7 Å². The van der Waals surface area contributed by atoms with Crippen molar-refractivity contribution >= 4 is 34.3 Å². The molecule has 0 unspecified atom stereocenters. The van der Waals surface area contributed by atoms with Crippen LogP contribution in [0.4, 0.5) is 16.0 Å². The van der Waals surface area contributed by atoms with Gasteiger partial charge in [-0.1, -0.05) is 35.9 Å². The molecular weight excluding hydrogens is 569 g/mol. The average molecular weight is 608 g/mol. The number of hydrogen-bond acceptors (Lipinski definition) is 7. The number of piperidine rings is 1. The van der Waals surface area contributed by atoms with Crippen molar-refractivity contribution in [2.75, 3.05) is 32.6 Å². The molecule has 2 N–H and O–H groups in total. The zero-order valence-electron chi connectivity index (χ0n) is 24.7. The highest BCUT2D eigenvalue weighted by atomic mass is 35.5. The Hall–Kier alpha value is -3.08. The minimum atomic E-state index is -0.429. The van der Waals surface area contributed by atoms with Crippen LogP contribution in [0.25, 0.3) is 22.2 Å². The summed E-state index contributed by atoms with van der Waals surface area (Å²) in [6, 6.07) is 13.3. The monoisotopic (exact) mass is 607 g/mol. The number of likely N-dealkylation sites (tertiary alicyclic amines) is 1. The summed E-state index contributed by atoms with van der Waals surface area (Å²) in [5.41, 5.74) is 4.75. The van der Waals surface area contributed by atoms with Gasteiger partial charge >= 0.3 is 0 Å². The van der Waals surface area contributed by atoms with Gasteiger partial charge in [-0.2, -0.15) is 4.98 Å². The molecule has 2 aliphatic rings. The minimum Gasteiger partial charge on any atom is -0.393 e. The Balaban J connectivity index is 1.24. The van der Waals surface area contributed by atoms with E-state index in [4.69, 9.17) is 26.1 Å². The number of fused-ring (bicyclic) bond motifs is 1. The van der Waals surface area contributed by atoms with E-state index in [-0.39, 0.29) is 18.4 Å². The maximum Gasteiger partial charge on any atom is 0.229 e. The number of methoxy groups -OCH3 is 2. The Kier molecular flexibility index (Phi) is 9.25. The number of ether oxygens (including phenoxy) is 2. The summed E-state index contributed by atoms with van der Waals surface area (Å²) in [5.74, 6) is 0.376. The van der Waals surface area contributed by atoms with Gasteiger partial charge in [0, 0.05) is 66.8 Å². The van der Waals surface area contributed by atoms with Gasteiger partial charge in [0.1, 0.15) is 11.5 Å². The van der Waals surface area contributed by atoms with Gasteiger partial charge in [0.05, 0.1) is 6.10 Å². The molecule has 43 heavy (non-hydrogen) atoms. The van der Waals surface area contributed by atoms with Gasteiger partial charge in [0.2, 0.25) is 5.95 Å². The maximum absolute atomic E-state index is 13.9. The molecule has 0 bridgehead atoms. The van der Waals surface area contributed by atoms with Crippen molar-refractivity contribution < 1.29 is 19.0 Å². The molecule has 0 spiro atoms. The maximum atomic E-state index is 13.9. The molecule has 8 nitrogen and oxygen atoms in total. The number of rotatable bonds is 9. The second-order valence-corrected chi connectivity index (χ2v) is 12.2. The van der Waals surface area contributed by atoms with E-state index in [1.165, 1.54) is 17.7 Å². The van der Waals surface area contributed by atoms with E-state index in [0.717, 1.165) is 80.3 Å². The van der Waals surface area contributed by atoms with E-state index < -0.39 is 5.82 Å². The minimum absolute atomic E-state index is 0.127. The van der Waals surface area contributed by atoms with Gasteiger partial charge in [-0.25, -0.2) is 9.37 Å². The Bertz CT molecular complexity index is 1510. The molecule has 10 heteroatoms. The lowest BCUT2D eigenvalue weighted by molar-refractivity contribution is -0.147. The Morgan fingerprint density at radius 1 is 1.02 bits per heavy atom. The largest absolute Gasteiger partial charge is 0.393 e. The van der Waals surface area contributed by atoms with Crippen molar-refractivity contribution in [3.63, 3.8) is 0 Å². The smallest absolute Gasteiger partial charge is 0.229 e. The van der Waals surface area contributed by atoms with E-state index in [9.17, 15) is 9.50 Å². The van der Waals surface area contributed by atoms with Crippen molar-refractivity contribution in [3.8, 4) is 11.1 Å². The first-order valence-corrected chi connectivity index (χ1v) is 15.4. The molecule has 4 aromatic rings. The van der Waals surface area contributed by atoms with Crippen molar-refractivity contribution in [2.45, 2.75) is 63.5 Å². The van der Waals surface area contributed by atoms with Crippen molar-refractivity contribution in [3.05, 3.63) is 71.3 Å². The van der Waals surface area contributed by atoms with Gasteiger partial charge in [-0.15, -0.1) is 0 Å². The molecule has 0 radical (unpaired) electrons. The van der Waals surface area contributed by atoms with Crippen LogP contribution >= 0.6 is 11.6 Å². The van der Waals surface area contributed by atoms with E-state index in [1.807, 2.05) is 6.20 Å². The van der Waals surface area contributed by atoms with E-state index in [1.54, 1.807) is 20.3 Å². The molecule has 0 amide bonds. The first-order chi connectivity index (χ1) is 20.9. The van der Waals surface area contributed by atoms with Gasteiger partial charge in [0.15, 0.2) is 6.29 Å². The van der Waals surface area contributed by atoms with Crippen LogP contribution in [0.3, 0.4) is 0 Å². The molecule has 1 aliphatic heterocycles. The highest BCUT2D eigenvalue weighted by Gasteiger charge is 2.27. The quantitative estimate of drug-likeness (QED) is 0.199. The van der Waals surface area contributed by atoms with E-state index >= 15 is 0 Å². The summed E-state index contributed by atoms with van der Waals surface area (Å²) in [6.45, 7) is 2.95. The number of aliphatic hydroxyl groups is 1. The number of aromatic nitrogens is 3. The van der Waals surface area contributed by atoms with Crippen LogP contribution in [0.1, 0.15) is 50.1 Å². The second kappa shape index (κ2) is 13.3. The molecule has 1 saturated carbocycles. The third-order valence-corrected chi connectivity index (χ3v) is 9.12. The van der Waals surface area contributed by atoms with Gasteiger partial charge in [-0.3, -0.25) is 4.90 Å². The highest BCUT2D eigenvalue weighted by Crippen LogP contribution is 2.37. The van der Waals surface area contributed by atoms with Crippen molar-refractivity contribution in [1.29, 1.82) is 0 Å². The number of nitrogens with zero attached hydrogens (tertiary/aromatic N) is 4. The summed E-state index contributed by atoms with van der Waals surface area (Å²) in [6.07, 6.45) is 9.04. The number of aliphatic hydroxyl groups excluding tert-OH is 1. The van der Waals surface area contributed by atoms with Gasteiger partial charge < -0.3 is 24.5 Å². The van der Waals surface area contributed by atoms with E-state index in [0.29, 0.717) is 22.6 Å². The van der Waals surface area contributed by atoms with E-state index in [2.05, 4.69) is 50.2 Å². The molecule has 6 rings (SSSR count). The lowest BCUT2D eigenvalue weighted by atomic mass is 9.93. The molecule has 2 aromatic carbocycles. The lowest BCUT2D eigenvalue weighted by Crippen LogP contribution is -2.38. The third-order valence-electron chi connectivity index (χ3n) is 8.90. The molecule has 0 atom stereocenters. The Morgan fingerprint density at radius 2 is 1.74 bits per heavy atom. The van der Waals surface area contributed by atoms with Crippen LogP contribution in [-0.2, 0) is 16.0 Å². The van der Waals surface area contributed by atoms with Crippen LogP contribution in [0.5, 0.6) is 0 Å². The van der Waals surface area contributed by atoms with Crippen LogP contribution in [0.2, 0.25) is 5.02 Å².